The van der Waals surface area contributed by atoms with Crippen LogP contribution in [0.3, 0.4) is 0 Å². The van der Waals surface area contributed by atoms with Crippen LogP contribution in [-0.4, -0.2) is 50.7 Å². The largest absolute Gasteiger partial charge is 0.497 e. The monoisotopic (exact) mass is 470 g/mol. The zero-order valence-corrected chi connectivity index (χ0v) is 20.5. The van der Waals surface area contributed by atoms with Crippen molar-refractivity contribution in [2.24, 2.45) is 0 Å². The number of aromatic nitrogens is 1. The van der Waals surface area contributed by atoms with Crippen LogP contribution in [0.4, 0.5) is 11.5 Å². The van der Waals surface area contributed by atoms with Crippen LogP contribution < -0.4 is 19.9 Å². The summed E-state index contributed by atoms with van der Waals surface area (Å²) in [4.78, 5) is 22.8. The topological polar surface area (TPSA) is 57.7 Å². The number of para-hydroxylation sites is 1. The number of ether oxygens (including phenoxy) is 1. The zero-order valence-electron chi connectivity index (χ0n) is 20.5. The van der Waals surface area contributed by atoms with Crippen LogP contribution in [0.5, 0.6) is 5.75 Å². The van der Waals surface area contributed by atoms with Gasteiger partial charge in [0, 0.05) is 43.8 Å². The van der Waals surface area contributed by atoms with Gasteiger partial charge in [-0.15, -0.1) is 0 Å². The van der Waals surface area contributed by atoms with Crippen molar-refractivity contribution < 1.29 is 9.53 Å². The molecule has 1 fully saturated rings. The minimum Gasteiger partial charge on any atom is -0.497 e. The molecule has 35 heavy (non-hydrogen) atoms. The highest BCUT2D eigenvalue weighted by Gasteiger charge is 2.21. The smallest absolute Gasteiger partial charge is 0.252 e. The minimum absolute atomic E-state index is 0.0156. The lowest BCUT2D eigenvalue weighted by Gasteiger charge is -2.37. The fraction of sp³-hybridized carbons (Fsp3) is 0.379. The third-order valence-electron chi connectivity index (χ3n) is 7.11. The van der Waals surface area contributed by atoms with Gasteiger partial charge in [-0.1, -0.05) is 29.8 Å². The van der Waals surface area contributed by atoms with Crippen molar-refractivity contribution in [3.63, 3.8) is 0 Å². The van der Waals surface area contributed by atoms with Crippen LogP contribution >= 0.6 is 0 Å². The number of benzene rings is 2. The van der Waals surface area contributed by atoms with Crippen molar-refractivity contribution in [2.45, 2.75) is 32.1 Å². The summed E-state index contributed by atoms with van der Waals surface area (Å²) in [5.41, 5.74) is 4.25. The van der Waals surface area contributed by atoms with Gasteiger partial charge in [-0.3, -0.25) is 4.79 Å². The molecular weight excluding hydrogens is 436 g/mol. The number of amides is 1. The Bertz CT molecular complexity index is 1200. The molecular formula is C29H34N4O2. The van der Waals surface area contributed by atoms with Crippen molar-refractivity contribution in [3.05, 3.63) is 71.8 Å². The Balaban J connectivity index is 1.29. The van der Waals surface area contributed by atoms with Gasteiger partial charge in [0.2, 0.25) is 0 Å². The highest BCUT2D eigenvalue weighted by molar-refractivity contribution is 6.07. The molecule has 0 atom stereocenters. The van der Waals surface area contributed by atoms with E-state index in [4.69, 9.17) is 9.72 Å². The summed E-state index contributed by atoms with van der Waals surface area (Å²) in [5, 5.41) is 4.07. The molecule has 2 aliphatic rings. The average molecular weight is 471 g/mol. The number of piperazine rings is 1. The molecule has 1 aliphatic heterocycles. The first-order valence-electron chi connectivity index (χ1n) is 12.7. The Hall–Kier alpha value is -3.54. The second-order valence-corrected chi connectivity index (χ2v) is 9.33. The Morgan fingerprint density at radius 2 is 1.77 bits per heavy atom. The molecule has 2 aromatic carbocycles. The number of carbonyl (C=O) groups excluding carboxylic acids is 1. The lowest BCUT2D eigenvalue weighted by Crippen LogP contribution is -2.47. The van der Waals surface area contributed by atoms with Gasteiger partial charge in [-0.05, 0) is 68.5 Å². The number of nitrogens with zero attached hydrogens (tertiary/aromatic N) is 3. The van der Waals surface area contributed by atoms with Gasteiger partial charge in [0.1, 0.15) is 11.6 Å². The predicted molar refractivity (Wildman–Crippen MR) is 143 cm³/mol. The normalized spacial score (nSPS) is 16.2. The van der Waals surface area contributed by atoms with Crippen molar-refractivity contribution in [3.8, 4) is 5.75 Å². The van der Waals surface area contributed by atoms with Gasteiger partial charge in [0.15, 0.2) is 0 Å². The molecule has 3 aromatic rings. The van der Waals surface area contributed by atoms with E-state index in [9.17, 15) is 4.79 Å². The molecule has 182 valence electrons. The number of fused-ring (bicyclic) bond motifs is 1. The summed E-state index contributed by atoms with van der Waals surface area (Å²) in [6.45, 7) is 4.19. The second kappa shape index (κ2) is 10.8. The SMILES string of the molecule is COc1ccc(N2CCN(c3cc(C(=O)NCCC4=CCCCC4)c4ccccc4n3)CC2)cc1. The maximum atomic E-state index is 13.2. The number of hydrogen-bond acceptors (Lipinski definition) is 5. The first-order valence-corrected chi connectivity index (χ1v) is 12.7. The average Bonchev–Trinajstić information content (AvgIpc) is 2.93. The van der Waals surface area contributed by atoms with Crippen molar-refractivity contribution in [1.82, 2.24) is 10.3 Å². The standard InChI is InChI=1S/C29H34N4O2/c1-35-24-13-11-23(12-14-24)32-17-19-33(20-18-32)28-21-26(25-9-5-6-10-27(25)31-28)29(34)30-16-15-22-7-3-2-4-8-22/h5-7,9-14,21H,2-4,8,15-20H2,1H3,(H,30,34). The summed E-state index contributed by atoms with van der Waals surface area (Å²) in [6, 6.07) is 18.1. The number of rotatable bonds is 7. The number of methoxy groups -OCH3 is 1. The highest BCUT2D eigenvalue weighted by atomic mass is 16.5. The summed E-state index contributed by atoms with van der Waals surface area (Å²) < 4.78 is 5.28. The summed E-state index contributed by atoms with van der Waals surface area (Å²) >= 11 is 0. The van der Waals surface area contributed by atoms with Crippen LogP contribution in [0.1, 0.15) is 42.5 Å². The molecule has 1 N–H and O–H groups in total. The molecule has 0 saturated carbocycles. The van der Waals surface area contributed by atoms with E-state index in [1.807, 2.05) is 42.5 Å². The third kappa shape index (κ3) is 5.42. The molecule has 1 saturated heterocycles. The summed E-state index contributed by atoms with van der Waals surface area (Å²) in [7, 11) is 1.69. The van der Waals surface area contributed by atoms with Gasteiger partial charge < -0.3 is 19.9 Å². The fourth-order valence-electron chi connectivity index (χ4n) is 5.06. The number of hydrogen-bond donors (Lipinski definition) is 1. The molecule has 0 radical (unpaired) electrons. The number of anilines is 2. The molecule has 1 amide bonds. The maximum absolute atomic E-state index is 13.2. The predicted octanol–water partition coefficient (Wildman–Crippen LogP) is 5.19. The second-order valence-electron chi connectivity index (χ2n) is 9.33. The van der Waals surface area contributed by atoms with Crippen molar-refractivity contribution in [1.29, 1.82) is 0 Å². The maximum Gasteiger partial charge on any atom is 0.252 e. The van der Waals surface area contributed by atoms with Gasteiger partial charge in [0.05, 0.1) is 18.2 Å². The first-order chi connectivity index (χ1) is 17.2. The molecule has 1 aromatic heterocycles. The number of allylic oxidation sites excluding steroid dienone is 1. The lowest BCUT2D eigenvalue weighted by molar-refractivity contribution is 0.0955. The van der Waals surface area contributed by atoms with E-state index >= 15 is 0 Å². The van der Waals surface area contributed by atoms with Crippen LogP contribution in [-0.2, 0) is 0 Å². The van der Waals surface area contributed by atoms with E-state index in [1.54, 1.807) is 7.11 Å². The van der Waals surface area contributed by atoms with Gasteiger partial charge in [0.25, 0.3) is 5.91 Å². The number of pyridine rings is 1. The fourth-order valence-corrected chi connectivity index (χ4v) is 5.06. The third-order valence-corrected chi connectivity index (χ3v) is 7.11. The zero-order chi connectivity index (χ0) is 24.0. The molecule has 0 spiro atoms. The van der Waals surface area contributed by atoms with Crippen LogP contribution in [0, 0.1) is 0 Å². The van der Waals surface area contributed by atoms with Crippen LogP contribution in [0.15, 0.2) is 66.2 Å². The lowest BCUT2D eigenvalue weighted by atomic mass is 9.97. The Labute approximate surface area is 207 Å². The molecule has 5 rings (SSSR count). The van der Waals surface area contributed by atoms with E-state index in [0.717, 1.165) is 55.1 Å². The van der Waals surface area contributed by atoms with E-state index in [1.165, 1.54) is 36.9 Å². The molecule has 1 aliphatic carbocycles. The summed E-state index contributed by atoms with van der Waals surface area (Å²) in [5.74, 6) is 1.73. The Morgan fingerprint density at radius 1 is 1.00 bits per heavy atom. The molecule has 6 heteroatoms. The Kier molecular flexibility index (Phi) is 7.17. The highest BCUT2D eigenvalue weighted by Crippen LogP contribution is 2.26. The minimum atomic E-state index is -0.0156. The molecule has 0 bridgehead atoms. The first kappa shape index (κ1) is 23.2. The van der Waals surface area contributed by atoms with E-state index in [0.29, 0.717) is 12.1 Å². The molecule has 0 unspecified atom stereocenters. The van der Waals surface area contributed by atoms with Crippen LogP contribution in [0.25, 0.3) is 10.9 Å². The van der Waals surface area contributed by atoms with Crippen LogP contribution in [0.2, 0.25) is 0 Å². The number of nitrogens with one attached hydrogen (secondary N) is 1. The number of carbonyl (C=O) groups is 1. The van der Waals surface area contributed by atoms with E-state index < -0.39 is 0 Å². The quantitative estimate of drug-likeness (QED) is 0.482. The van der Waals surface area contributed by atoms with Gasteiger partial charge in [-0.2, -0.15) is 0 Å². The van der Waals surface area contributed by atoms with Crippen molar-refractivity contribution in [2.75, 3.05) is 49.6 Å². The molecule has 6 nitrogen and oxygen atoms in total. The van der Waals surface area contributed by atoms with Gasteiger partial charge >= 0.3 is 0 Å². The van der Waals surface area contributed by atoms with E-state index in [-0.39, 0.29) is 5.91 Å². The van der Waals surface area contributed by atoms with E-state index in [2.05, 4.69) is 33.3 Å². The molecule has 2 heterocycles. The van der Waals surface area contributed by atoms with Gasteiger partial charge in [-0.25, -0.2) is 4.98 Å². The van der Waals surface area contributed by atoms with Crippen molar-refractivity contribution >= 4 is 28.3 Å². The Morgan fingerprint density at radius 3 is 2.51 bits per heavy atom. The summed E-state index contributed by atoms with van der Waals surface area (Å²) in [6.07, 6.45) is 8.18.